The molecule has 1 aliphatic heterocycles. The minimum absolute atomic E-state index is 0.0101. The van der Waals surface area contributed by atoms with Crippen LogP contribution in [-0.2, 0) is 20.3 Å². The second kappa shape index (κ2) is 6.86. The van der Waals surface area contributed by atoms with Gasteiger partial charge < -0.3 is 9.64 Å². The molecule has 0 radical (unpaired) electrons. The molecule has 0 saturated carbocycles. The normalized spacial score (nSPS) is 18.9. The van der Waals surface area contributed by atoms with Crippen molar-refractivity contribution in [2.75, 3.05) is 18.8 Å². The molecule has 128 valence electrons. The number of hydrogen-bond acceptors (Lipinski definition) is 5. The minimum atomic E-state index is -3.22. The Morgan fingerprint density at radius 1 is 1.43 bits per heavy atom. The number of sulfone groups is 1. The highest BCUT2D eigenvalue weighted by atomic mass is 32.2. The first kappa shape index (κ1) is 17.7. The zero-order chi connectivity index (χ0) is 17.1. The van der Waals surface area contributed by atoms with Crippen LogP contribution in [-0.4, -0.2) is 48.8 Å². The first-order valence-corrected chi connectivity index (χ1v) is 9.54. The number of likely N-dealkylation sites (tertiary alicyclic amines) is 1. The van der Waals surface area contributed by atoms with Crippen molar-refractivity contribution in [2.45, 2.75) is 38.5 Å². The van der Waals surface area contributed by atoms with Gasteiger partial charge in [-0.05, 0) is 44.7 Å². The second-order valence-corrected chi connectivity index (χ2v) is 9.11. The number of hydrogen-bond donors (Lipinski definition) is 0. The van der Waals surface area contributed by atoms with E-state index >= 15 is 0 Å². The van der Waals surface area contributed by atoms with E-state index in [1.54, 1.807) is 29.4 Å². The van der Waals surface area contributed by atoms with Crippen molar-refractivity contribution in [2.24, 2.45) is 5.92 Å². The molecule has 1 aromatic heterocycles. The number of aromatic nitrogens is 1. The summed E-state index contributed by atoms with van der Waals surface area (Å²) in [7, 11) is -3.22. The number of rotatable bonds is 4. The SMILES string of the molecule is CC(C)(C)OC(=O)N1CCC(CS(=O)(=O)Cc2cccnc2)C1. The van der Waals surface area contributed by atoms with Gasteiger partial charge in [-0.3, -0.25) is 4.98 Å². The summed E-state index contributed by atoms with van der Waals surface area (Å²) in [6, 6.07) is 3.48. The van der Waals surface area contributed by atoms with Crippen molar-refractivity contribution < 1.29 is 17.9 Å². The van der Waals surface area contributed by atoms with Crippen LogP contribution in [0.5, 0.6) is 0 Å². The van der Waals surface area contributed by atoms with Gasteiger partial charge in [-0.1, -0.05) is 6.07 Å². The molecule has 0 bridgehead atoms. The zero-order valence-electron chi connectivity index (χ0n) is 13.9. The lowest BCUT2D eigenvalue weighted by molar-refractivity contribution is 0.0289. The molecule has 7 heteroatoms. The number of carbonyl (C=O) groups is 1. The number of ether oxygens (including phenoxy) is 1. The van der Waals surface area contributed by atoms with Crippen LogP contribution in [0.25, 0.3) is 0 Å². The molecule has 1 atom stereocenters. The molecule has 0 aliphatic carbocycles. The number of carbonyl (C=O) groups excluding carboxylic acids is 1. The average molecular weight is 340 g/mol. The molecule has 23 heavy (non-hydrogen) atoms. The van der Waals surface area contributed by atoms with E-state index in [2.05, 4.69) is 4.98 Å². The summed E-state index contributed by atoms with van der Waals surface area (Å²) in [5, 5.41) is 0. The van der Waals surface area contributed by atoms with E-state index in [4.69, 9.17) is 4.74 Å². The predicted molar refractivity (Wildman–Crippen MR) is 87.6 cm³/mol. The first-order chi connectivity index (χ1) is 10.6. The highest BCUT2D eigenvalue weighted by Gasteiger charge is 2.32. The molecule has 0 N–H and O–H groups in total. The molecule has 2 heterocycles. The maximum atomic E-state index is 12.3. The summed E-state index contributed by atoms with van der Waals surface area (Å²) in [6.45, 7) is 6.42. The van der Waals surface area contributed by atoms with Gasteiger partial charge >= 0.3 is 6.09 Å². The van der Waals surface area contributed by atoms with Crippen LogP contribution in [0.15, 0.2) is 24.5 Å². The number of amides is 1. The Kier molecular flexibility index (Phi) is 5.29. The van der Waals surface area contributed by atoms with Gasteiger partial charge in [0.05, 0.1) is 11.5 Å². The van der Waals surface area contributed by atoms with Crippen molar-refractivity contribution in [3.05, 3.63) is 30.1 Å². The van der Waals surface area contributed by atoms with Crippen LogP contribution in [0.1, 0.15) is 32.8 Å². The second-order valence-electron chi connectivity index (χ2n) is 7.00. The summed E-state index contributed by atoms with van der Waals surface area (Å²) in [5.74, 6) is 0.0366. The Balaban J connectivity index is 1.88. The fourth-order valence-corrected chi connectivity index (χ4v) is 4.40. The van der Waals surface area contributed by atoms with Crippen molar-refractivity contribution in [3.63, 3.8) is 0 Å². The molecular formula is C16H24N2O4S. The standard InChI is InChI=1S/C16H24N2O4S/c1-16(2,3)22-15(19)18-8-6-14(10-18)12-23(20,21)11-13-5-4-7-17-9-13/h4-5,7,9,14H,6,8,10-12H2,1-3H3. The summed E-state index contributed by atoms with van der Waals surface area (Å²) in [6.07, 6.45) is 3.50. The van der Waals surface area contributed by atoms with Gasteiger partial charge in [0.15, 0.2) is 9.84 Å². The van der Waals surface area contributed by atoms with Gasteiger partial charge in [0.25, 0.3) is 0 Å². The molecule has 1 amide bonds. The van der Waals surface area contributed by atoms with E-state index in [1.165, 1.54) is 0 Å². The van der Waals surface area contributed by atoms with E-state index in [0.717, 1.165) is 0 Å². The summed E-state index contributed by atoms with van der Waals surface area (Å²) < 4.78 is 29.9. The van der Waals surface area contributed by atoms with Crippen LogP contribution in [0.4, 0.5) is 4.79 Å². The maximum absolute atomic E-state index is 12.3. The Labute approximate surface area is 137 Å². The van der Waals surface area contributed by atoms with Gasteiger partial charge in [0.2, 0.25) is 0 Å². The number of pyridine rings is 1. The molecular weight excluding hydrogens is 316 g/mol. The van der Waals surface area contributed by atoms with Crippen LogP contribution in [0, 0.1) is 5.92 Å². The third-order valence-corrected chi connectivity index (χ3v) is 5.29. The molecule has 1 aromatic rings. The van der Waals surface area contributed by atoms with Gasteiger partial charge in [-0.25, -0.2) is 13.2 Å². The molecule has 1 saturated heterocycles. The van der Waals surface area contributed by atoms with Crippen molar-refractivity contribution in [1.82, 2.24) is 9.88 Å². The van der Waals surface area contributed by atoms with E-state index in [1.807, 2.05) is 20.8 Å². The molecule has 2 rings (SSSR count). The van der Waals surface area contributed by atoms with Crippen molar-refractivity contribution in [3.8, 4) is 0 Å². The molecule has 0 aromatic carbocycles. The topological polar surface area (TPSA) is 76.6 Å². The maximum Gasteiger partial charge on any atom is 0.410 e. The Morgan fingerprint density at radius 2 is 2.17 bits per heavy atom. The molecule has 0 spiro atoms. The van der Waals surface area contributed by atoms with E-state index in [-0.39, 0.29) is 23.5 Å². The molecule has 1 aliphatic rings. The van der Waals surface area contributed by atoms with Crippen LogP contribution >= 0.6 is 0 Å². The van der Waals surface area contributed by atoms with Crippen LogP contribution in [0.2, 0.25) is 0 Å². The highest BCUT2D eigenvalue weighted by Crippen LogP contribution is 2.22. The third kappa shape index (κ3) is 5.82. The lowest BCUT2D eigenvalue weighted by Crippen LogP contribution is -2.35. The summed E-state index contributed by atoms with van der Waals surface area (Å²) in [4.78, 5) is 17.5. The lowest BCUT2D eigenvalue weighted by Gasteiger charge is -2.24. The highest BCUT2D eigenvalue weighted by molar-refractivity contribution is 7.90. The first-order valence-electron chi connectivity index (χ1n) is 7.72. The van der Waals surface area contributed by atoms with Gasteiger partial charge in [-0.2, -0.15) is 0 Å². The largest absolute Gasteiger partial charge is 0.444 e. The fourth-order valence-electron chi connectivity index (χ4n) is 2.62. The monoisotopic (exact) mass is 340 g/mol. The smallest absolute Gasteiger partial charge is 0.410 e. The predicted octanol–water partition coefficient (Wildman–Crippen LogP) is 2.25. The molecule has 1 unspecified atom stereocenters. The van der Waals surface area contributed by atoms with E-state index in [9.17, 15) is 13.2 Å². The third-order valence-electron chi connectivity index (χ3n) is 3.54. The minimum Gasteiger partial charge on any atom is -0.444 e. The summed E-state index contributed by atoms with van der Waals surface area (Å²) in [5.41, 5.74) is 0.149. The Hall–Kier alpha value is -1.63. The lowest BCUT2D eigenvalue weighted by atomic mass is 10.2. The van der Waals surface area contributed by atoms with Gasteiger partial charge in [-0.15, -0.1) is 0 Å². The molecule has 6 nitrogen and oxygen atoms in total. The Morgan fingerprint density at radius 3 is 2.78 bits per heavy atom. The van der Waals surface area contributed by atoms with Gasteiger partial charge in [0, 0.05) is 25.5 Å². The van der Waals surface area contributed by atoms with Crippen LogP contribution in [0.3, 0.4) is 0 Å². The molecule has 1 fully saturated rings. The number of nitrogens with zero attached hydrogens (tertiary/aromatic N) is 2. The van der Waals surface area contributed by atoms with Crippen molar-refractivity contribution >= 4 is 15.9 Å². The zero-order valence-corrected chi connectivity index (χ0v) is 14.7. The van der Waals surface area contributed by atoms with Crippen LogP contribution < -0.4 is 0 Å². The van der Waals surface area contributed by atoms with E-state index in [0.29, 0.717) is 25.1 Å². The van der Waals surface area contributed by atoms with Crippen molar-refractivity contribution in [1.29, 1.82) is 0 Å². The fraction of sp³-hybridized carbons (Fsp3) is 0.625. The Bertz CT molecular complexity index is 638. The van der Waals surface area contributed by atoms with Gasteiger partial charge in [0.1, 0.15) is 5.60 Å². The summed E-state index contributed by atoms with van der Waals surface area (Å²) >= 11 is 0. The quantitative estimate of drug-likeness (QED) is 0.840. The van der Waals surface area contributed by atoms with E-state index < -0.39 is 15.4 Å². The average Bonchev–Trinajstić information content (AvgIpc) is 2.85.